The van der Waals surface area contributed by atoms with Crippen molar-refractivity contribution in [2.45, 2.75) is 19.8 Å². The number of methoxy groups -OCH3 is 3. The van der Waals surface area contributed by atoms with Crippen molar-refractivity contribution in [3.63, 3.8) is 0 Å². The number of hydrogen-bond donors (Lipinski definition) is 1. The van der Waals surface area contributed by atoms with Crippen LogP contribution in [-0.4, -0.2) is 27.3 Å². The molecule has 0 amide bonds. The maximum Gasteiger partial charge on any atom is 0.343 e. The minimum atomic E-state index is -0.520. The molecule has 0 bridgehead atoms. The maximum atomic E-state index is 11.8. The van der Waals surface area contributed by atoms with E-state index in [4.69, 9.17) is 19.9 Å². The van der Waals surface area contributed by atoms with Crippen molar-refractivity contribution in [1.29, 1.82) is 0 Å². The highest BCUT2D eigenvalue weighted by molar-refractivity contribution is 5.99. The molecule has 0 aromatic heterocycles. The van der Waals surface area contributed by atoms with Gasteiger partial charge in [0.15, 0.2) is 0 Å². The molecule has 100 valence electrons. The van der Waals surface area contributed by atoms with Crippen molar-refractivity contribution in [1.82, 2.24) is 0 Å². The van der Waals surface area contributed by atoms with Crippen LogP contribution >= 0.6 is 0 Å². The molecule has 1 aromatic rings. The van der Waals surface area contributed by atoms with Gasteiger partial charge in [0.2, 0.25) is 0 Å². The molecule has 0 atom stereocenters. The first-order valence-corrected chi connectivity index (χ1v) is 5.60. The van der Waals surface area contributed by atoms with Crippen molar-refractivity contribution in [3.8, 4) is 11.5 Å². The number of benzene rings is 1. The van der Waals surface area contributed by atoms with Crippen molar-refractivity contribution in [3.05, 3.63) is 17.2 Å². The minimum Gasteiger partial charge on any atom is -0.496 e. The Hall–Kier alpha value is -1.91. The lowest BCUT2D eigenvalue weighted by molar-refractivity contribution is 0.0598. The average molecular weight is 253 g/mol. The van der Waals surface area contributed by atoms with Gasteiger partial charge >= 0.3 is 5.97 Å². The van der Waals surface area contributed by atoms with E-state index in [1.54, 1.807) is 13.2 Å². The molecular weight excluding hydrogens is 234 g/mol. The molecule has 0 heterocycles. The van der Waals surface area contributed by atoms with E-state index in [0.29, 0.717) is 11.5 Å². The average Bonchev–Trinajstić information content (AvgIpc) is 2.35. The molecule has 18 heavy (non-hydrogen) atoms. The number of rotatable bonds is 4. The fourth-order valence-electron chi connectivity index (χ4n) is 1.91. The Balaban J connectivity index is 3.63. The summed E-state index contributed by atoms with van der Waals surface area (Å²) in [6.07, 6.45) is 0. The lowest BCUT2D eigenvalue weighted by Gasteiger charge is -2.19. The van der Waals surface area contributed by atoms with Crippen LogP contribution in [0.1, 0.15) is 35.7 Å². The Morgan fingerprint density at radius 1 is 1.22 bits per heavy atom. The second-order valence-electron chi connectivity index (χ2n) is 4.14. The normalized spacial score (nSPS) is 10.3. The fraction of sp³-hybridized carbons (Fsp3) is 0.462. The summed E-state index contributed by atoms with van der Waals surface area (Å²) >= 11 is 0. The van der Waals surface area contributed by atoms with Crippen LogP contribution in [-0.2, 0) is 4.74 Å². The zero-order valence-electron chi connectivity index (χ0n) is 11.4. The van der Waals surface area contributed by atoms with Gasteiger partial charge in [0, 0.05) is 11.6 Å². The molecule has 0 aliphatic rings. The molecule has 0 saturated heterocycles. The van der Waals surface area contributed by atoms with Crippen LogP contribution in [0, 0.1) is 0 Å². The molecule has 2 N–H and O–H groups in total. The summed E-state index contributed by atoms with van der Waals surface area (Å²) in [5, 5.41) is 0. The minimum absolute atomic E-state index is 0.124. The quantitative estimate of drug-likeness (QED) is 0.658. The predicted octanol–water partition coefficient (Wildman–Crippen LogP) is 2.20. The number of ether oxygens (including phenoxy) is 3. The van der Waals surface area contributed by atoms with Crippen LogP contribution in [0.25, 0.3) is 0 Å². The Kier molecular flexibility index (Phi) is 4.42. The summed E-state index contributed by atoms with van der Waals surface area (Å²) in [7, 11) is 4.35. The zero-order chi connectivity index (χ0) is 13.9. The van der Waals surface area contributed by atoms with Gasteiger partial charge in [-0.3, -0.25) is 0 Å². The predicted molar refractivity (Wildman–Crippen MR) is 69.4 cm³/mol. The summed E-state index contributed by atoms with van der Waals surface area (Å²) in [6.45, 7) is 3.97. The van der Waals surface area contributed by atoms with E-state index in [9.17, 15) is 4.79 Å². The van der Waals surface area contributed by atoms with Gasteiger partial charge < -0.3 is 19.9 Å². The standard InChI is InChI=1S/C13H19NO4/c1-7(2)10-9(16-3)6-8(14)11(12(10)17-4)13(15)18-5/h6-7H,14H2,1-5H3. The first-order valence-electron chi connectivity index (χ1n) is 5.60. The second-order valence-corrected chi connectivity index (χ2v) is 4.14. The van der Waals surface area contributed by atoms with Gasteiger partial charge in [-0.1, -0.05) is 13.8 Å². The van der Waals surface area contributed by atoms with Gasteiger partial charge in [0.1, 0.15) is 17.1 Å². The summed E-state index contributed by atoms with van der Waals surface area (Å²) in [5.74, 6) is 0.619. The summed E-state index contributed by atoms with van der Waals surface area (Å²) in [4.78, 5) is 11.8. The Morgan fingerprint density at radius 3 is 2.22 bits per heavy atom. The number of carbonyl (C=O) groups is 1. The highest BCUT2D eigenvalue weighted by Gasteiger charge is 2.25. The van der Waals surface area contributed by atoms with E-state index in [1.807, 2.05) is 13.8 Å². The largest absolute Gasteiger partial charge is 0.496 e. The highest BCUT2D eigenvalue weighted by atomic mass is 16.5. The van der Waals surface area contributed by atoms with Crippen molar-refractivity contribution in [2.24, 2.45) is 0 Å². The number of nitrogens with two attached hydrogens (primary N) is 1. The first kappa shape index (κ1) is 14.2. The smallest absolute Gasteiger partial charge is 0.343 e. The number of nitrogen functional groups attached to an aromatic ring is 1. The van der Waals surface area contributed by atoms with Crippen LogP contribution in [0.2, 0.25) is 0 Å². The molecule has 5 heteroatoms. The lowest BCUT2D eigenvalue weighted by Crippen LogP contribution is -2.11. The Morgan fingerprint density at radius 2 is 1.83 bits per heavy atom. The molecule has 5 nitrogen and oxygen atoms in total. The topological polar surface area (TPSA) is 70.8 Å². The Labute approximate surface area is 107 Å². The highest BCUT2D eigenvalue weighted by Crippen LogP contribution is 2.41. The lowest BCUT2D eigenvalue weighted by atomic mass is 9.96. The van der Waals surface area contributed by atoms with Gasteiger partial charge in [-0.25, -0.2) is 4.79 Å². The number of anilines is 1. The molecule has 0 aliphatic carbocycles. The number of esters is 1. The molecule has 0 aliphatic heterocycles. The van der Waals surface area contributed by atoms with E-state index < -0.39 is 5.97 Å². The van der Waals surface area contributed by atoms with Gasteiger partial charge in [-0.2, -0.15) is 0 Å². The molecule has 0 unspecified atom stereocenters. The molecule has 1 rings (SSSR count). The van der Waals surface area contributed by atoms with E-state index in [2.05, 4.69) is 0 Å². The van der Waals surface area contributed by atoms with Gasteiger partial charge in [-0.05, 0) is 5.92 Å². The van der Waals surface area contributed by atoms with Crippen LogP contribution < -0.4 is 15.2 Å². The molecule has 0 radical (unpaired) electrons. The SMILES string of the molecule is COC(=O)c1c(N)cc(OC)c(C(C)C)c1OC. The van der Waals surface area contributed by atoms with Crippen molar-refractivity contribution in [2.75, 3.05) is 27.1 Å². The summed E-state index contributed by atoms with van der Waals surface area (Å²) in [6, 6.07) is 1.62. The zero-order valence-corrected chi connectivity index (χ0v) is 11.4. The molecule has 0 fully saturated rings. The molecule has 0 saturated carbocycles. The third-order valence-corrected chi connectivity index (χ3v) is 2.70. The Bertz CT molecular complexity index is 455. The molecule has 1 aromatic carbocycles. The fourth-order valence-corrected chi connectivity index (χ4v) is 1.91. The third kappa shape index (κ3) is 2.34. The van der Waals surface area contributed by atoms with E-state index in [1.165, 1.54) is 14.2 Å². The monoisotopic (exact) mass is 253 g/mol. The van der Waals surface area contributed by atoms with Gasteiger partial charge in [-0.15, -0.1) is 0 Å². The summed E-state index contributed by atoms with van der Waals surface area (Å²) in [5.41, 5.74) is 7.18. The van der Waals surface area contributed by atoms with Crippen LogP contribution in [0.4, 0.5) is 5.69 Å². The summed E-state index contributed by atoms with van der Waals surface area (Å²) < 4.78 is 15.3. The van der Waals surface area contributed by atoms with Gasteiger partial charge in [0.25, 0.3) is 0 Å². The van der Waals surface area contributed by atoms with Gasteiger partial charge in [0.05, 0.1) is 27.0 Å². The van der Waals surface area contributed by atoms with Crippen LogP contribution in [0.15, 0.2) is 6.07 Å². The second kappa shape index (κ2) is 5.62. The third-order valence-electron chi connectivity index (χ3n) is 2.70. The van der Waals surface area contributed by atoms with E-state index in [0.717, 1.165) is 5.56 Å². The maximum absolute atomic E-state index is 11.8. The van der Waals surface area contributed by atoms with Crippen LogP contribution in [0.5, 0.6) is 11.5 Å². The van der Waals surface area contributed by atoms with E-state index in [-0.39, 0.29) is 17.2 Å². The molecule has 0 spiro atoms. The number of carbonyl (C=O) groups excluding carboxylic acids is 1. The van der Waals surface area contributed by atoms with Crippen LogP contribution in [0.3, 0.4) is 0 Å². The van der Waals surface area contributed by atoms with Crippen molar-refractivity contribution >= 4 is 11.7 Å². The molecular formula is C13H19NO4. The van der Waals surface area contributed by atoms with E-state index >= 15 is 0 Å². The first-order chi connectivity index (χ1) is 8.47. The number of hydrogen-bond acceptors (Lipinski definition) is 5. The van der Waals surface area contributed by atoms with Crippen molar-refractivity contribution < 1.29 is 19.0 Å².